The van der Waals surface area contributed by atoms with Crippen molar-refractivity contribution in [1.82, 2.24) is 9.88 Å². The van der Waals surface area contributed by atoms with Crippen molar-refractivity contribution in [1.29, 1.82) is 0 Å². The van der Waals surface area contributed by atoms with E-state index in [4.69, 9.17) is 16.3 Å². The van der Waals surface area contributed by atoms with E-state index in [0.717, 1.165) is 44.8 Å². The van der Waals surface area contributed by atoms with Crippen molar-refractivity contribution in [3.8, 4) is 0 Å². The zero-order valence-electron chi connectivity index (χ0n) is 11.1. The standard InChI is InChI=1S/C13H21ClN2OS/c1-13(2)10-17-7-6-16(13)5-3-4-12-15-11(8-14)9-18-12/h9H,3-8,10H2,1-2H3. The fraction of sp³-hybridized carbons (Fsp3) is 0.769. The summed E-state index contributed by atoms with van der Waals surface area (Å²) in [6, 6.07) is 0. The third kappa shape index (κ3) is 3.67. The molecule has 1 saturated heterocycles. The second-order valence-corrected chi connectivity index (χ2v) is 6.53. The van der Waals surface area contributed by atoms with E-state index in [-0.39, 0.29) is 5.54 Å². The fourth-order valence-corrected chi connectivity index (χ4v) is 3.32. The van der Waals surface area contributed by atoms with Gasteiger partial charge in [-0.05, 0) is 26.8 Å². The molecule has 3 nitrogen and oxygen atoms in total. The molecule has 0 aromatic carbocycles. The van der Waals surface area contributed by atoms with Crippen LogP contribution in [-0.2, 0) is 17.0 Å². The van der Waals surface area contributed by atoms with Crippen LogP contribution in [0.25, 0.3) is 0 Å². The van der Waals surface area contributed by atoms with Crippen molar-refractivity contribution in [2.75, 3.05) is 26.3 Å². The molecule has 0 unspecified atom stereocenters. The Balaban J connectivity index is 1.77. The average Bonchev–Trinajstić information content (AvgIpc) is 2.79. The van der Waals surface area contributed by atoms with Crippen molar-refractivity contribution in [2.45, 2.75) is 38.1 Å². The minimum absolute atomic E-state index is 0.169. The van der Waals surface area contributed by atoms with Crippen LogP contribution in [0.3, 0.4) is 0 Å². The smallest absolute Gasteiger partial charge is 0.0929 e. The van der Waals surface area contributed by atoms with Gasteiger partial charge in [0, 0.05) is 23.9 Å². The van der Waals surface area contributed by atoms with Crippen LogP contribution in [0.2, 0.25) is 0 Å². The first-order chi connectivity index (χ1) is 8.62. The Morgan fingerprint density at radius 2 is 2.39 bits per heavy atom. The number of hydrogen-bond acceptors (Lipinski definition) is 4. The molecule has 18 heavy (non-hydrogen) atoms. The lowest BCUT2D eigenvalue weighted by Crippen LogP contribution is -2.53. The lowest BCUT2D eigenvalue weighted by molar-refractivity contribution is -0.0510. The van der Waals surface area contributed by atoms with Gasteiger partial charge in [-0.3, -0.25) is 4.90 Å². The van der Waals surface area contributed by atoms with Crippen molar-refractivity contribution in [3.05, 3.63) is 16.1 Å². The maximum absolute atomic E-state index is 5.76. The summed E-state index contributed by atoms with van der Waals surface area (Å²) < 4.78 is 5.53. The average molecular weight is 289 g/mol. The predicted molar refractivity (Wildman–Crippen MR) is 76.5 cm³/mol. The van der Waals surface area contributed by atoms with Gasteiger partial charge >= 0.3 is 0 Å². The van der Waals surface area contributed by atoms with Gasteiger partial charge in [-0.15, -0.1) is 22.9 Å². The zero-order valence-corrected chi connectivity index (χ0v) is 12.7. The number of thiazole rings is 1. The van der Waals surface area contributed by atoms with Gasteiger partial charge < -0.3 is 4.74 Å². The predicted octanol–water partition coefficient (Wildman–Crippen LogP) is 2.93. The summed E-state index contributed by atoms with van der Waals surface area (Å²) in [4.78, 5) is 7.01. The Hall–Kier alpha value is -0.160. The molecule has 2 heterocycles. The molecule has 0 amide bonds. The van der Waals surface area contributed by atoms with E-state index in [1.54, 1.807) is 11.3 Å². The highest BCUT2D eigenvalue weighted by molar-refractivity contribution is 7.09. The minimum atomic E-state index is 0.169. The summed E-state index contributed by atoms with van der Waals surface area (Å²) in [5, 5.41) is 3.26. The highest BCUT2D eigenvalue weighted by Gasteiger charge is 2.29. The van der Waals surface area contributed by atoms with Crippen LogP contribution in [0.4, 0.5) is 0 Å². The third-order valence-corrected chi connectivity index (χ3v) is 4.60. The van der Waals surface area contributed by atoms with Crippen LogP contribution in [0.15, 0.2) is 5.38 Å². The Morgan fingerprint density at radius 3 is 3.06 bits per heavy atom. The molecule has 0 atom stereocenters. The molecule has 0 N–H and O–H groups in total. The van der Waals surface area contributed by atoms with Crippen LogP contribution < -0.4 is 0 Å². The topological polar surface area (TPSA) is 25.4 Å². The lowest BCUT2D eigenvalue weighted by atomic mass is 10.0. The molecule has 0 radical (unpaired) electrons. The Labute approximate surface area is 118 Å². The monoisotopic (exact) mass is 288 g/mol. The largest absolute Gasteiger partial charge is 0.378 e. The second-order valence-electron chi connectivity index (χ2n) is 5.32. The fourth-order valence-electron chi connectivity index (χ4n) is 2.25. The van der Waals surface area contributed by atoms with E-state index >= 15 is 0 Å². The van der Waals surface area contributed by atoms with E-state index in [1.807, 2.05) is 0 Å². The SMILES string of the molecule is CC1(C)COCCN1CCCc1nc(CCl)cs1. The number of rotatable bonds is 5. The van der Waals surface area contributed by atoms with Gasteiger partial charge in [-0.2, -0.15) is 0 Å². The van der Waals surface area contributed by atoms with Gasteiger partial charge in [-0.25, -0.2) is 4.98 Å². The molecule has 1 aliphatic heterocycles. The number of nitrogens with zero attached hydrogens (tertiary/aromatic N) is 2. The summed E-state index contributed by atoms with van der Waals surface area (Å²) in [5.41, 5.74) is 1.17. The summed E-state index contributed by atoms with van der Waals surface area (Å²) in [5.74, 6) is 0.521. The second kappa shape index (κ2) is 6.33. The maximum atomic E-state index is 5.76. The first-order valence-corrected chi connectivity index (χ1v) is 7.85. The number of ether oxygens (including phenoxy) is 1. The zero-order chi connectivity index (χ0) is 13.0. The number of halogens is 1. The molecular formula is C13H21ClN2OS. The van der Waals surface area contributed by atoms with Crippen molar-refractivity contribution >= 4 is 22.9 Å². The number of hydrogen-bond donors (Lipinski definition) is 0. The van der Waals surface area contributed by atoms with E-state index in [0.29, 0.717) is 5.88 Å². The number of aromatic nitrogens is 1. The van der Waals surface area contributed by atoms with Crippen LogP contribution in [0, 0.1) is 0 Å². The first kappa shape index (κ1) is 14.3. The molecule has 2 rings (SSSR count). The summed E-state index contributed by atoms with van der Waals surface area (Å²) in [7, 11) is 0. The molecule has 1 fully saturated rings. The number of aryl methyl sites for hydroxylation is 1. The van der Waals surface area contributed by atoms with E-state index in [2.05, 4.69) is 29.1 Å². The van der Waals surface area contributed by atoms with Crippen molar-refractivity contribution < 1.29 is 4.74 Å². The summed E-state index contributed by atoms with van der Waals surface area (Å²) in [6.07, 6.45) is 2.20. The highest BCUT2D eigenvalue weighted by Crippen LogP contribution is 2.20. The van der Waals surface area contributed by atoms with E-state index in [9.17, 15) is 0 Å². The van der Waals surface area contributed by atoms with Crippen LogP contribution >= 0.6 is 22.9 Å². The van der Waals surface area contributed by atoms with Crippen molar-refractivity contribution in [3.63, 3.8) is 0 Å². The van der Waals surface area contributed by atoms with E-state index < -0.39 is 0 Å². The molecule has 1 aromatic heterocycles. The normalized spacial score (nSPS) is 20.2. The van der Waals surface area contributed by atoms with Gasteiger partial charge in [0.1, 0.15) is 0 Å². The van der Waals surface area contributed by atoms with Crippen LogP contribution in [-0.4, -0.2) is 41.7 Å². The molecule has 1 aromatic rings. The van der Waals surface area contributed by atoms with Crippen LogP contribution in [0.5, 0.6) is 0 Å². The molecular weight excluding hydrogens is 268 g/mol. The molecule has 1 aliphatic rings. The molecule has 102 valence electrons. The molecule has 0 aliphatic carbocycles. The summed E-state index contributed by atoms with van der Waals surface area (Å²) >= 11 is 7.48. The third-order valence-electron chi connectivity index (χ3n) is 3.37. The molecule has 0 saturated carbocycles. The number of alkyl halides is 1. The van der Waals surface area contributed by atoms with Gasteiger partial charge in [0.2, 0.25) is 0 Å². The van der Waals surface area contributed by atoms with Crippen LogP contribution in [0.1, 0.15) is 31.0 Å². The van der Waals surface area contributed by atoms with Gasteiger partial charge in [0.25, 0.3) is 0 Å². The summed E-state index contributed by atoms with van der Waals surface area (Å²) in [6.45, 7) is 8.35. The quantitative estimate of drug-likeness (QED) is 0.779. The molecule has 0 bridgehead atoms. The Morgan fingerprint density at radius 1 is 1.56 bits per heavy atom. The highest BCUT2D eigenvalue weighted by atomic mass is 35.5. The first-order valence-electron chi connectivity index (χ1n) is 6.44. The molecule has 0 spiro atoms. The maximum Gasteiger partial charge on any atom is 0.0929 e. The van der Waals surface area contributed by atoms with Gasteiger partial charge in [-0.1, -0.05) is 0 Å². The molecule has 5 heteroatoms. The minimum Gasteiger partial charge on any atom is -0.378 e. The Kier molecular flexibility index (Phi) is 5.01. The Bertz CT molecular complexity index is 381. The lowest BCUT2D eigenvalue weighted by Gasteiger charge is -2.42. The van der Waals surface area contributed by atoms with Gasteiger partial charge in [0.15, 0.2) is 0 Å². The van der Waals surface area contributed by atoms with E-state index in [1.165, 1.54) is 5.01 Å². The van der Waals surface area contributed by atoms with Gasteiger partial charge in [0.05, 0.1) is 29.8 Å². The van der Waals surface area contributed by atoms with Crippen molar-refractivity contribution in [2.24, 2.45) is 0 Å². The number of morpholine rings is 1.